The minimum absolute atomic E-state index is 0.0857. The highest BCUT2D eigenvalue weighted by atomic mass is 16.5. The largest absolute Gasteiger partial charge is 0.465 e. The van der Waals surface area contributed by atoms with Gasteiger partial charge >= 0.3 is 17.7 Å². The lowest BCUT2D eigenvalue weighted by Gasteiger charge is -2.32. The molecule has 1 aliphatic rings. The molecule has 46 heavy (non-hydrogen) atoms. The van der Waals surface area contributed by atoms with Crippen molar-refractivity contribution in [1.82, 2.24) is 24.4 Å². The number of benzene rings is 2. The smallest absolute Gasteiger partial charge is 0.337 e. The molecule has 0 bridgehead atoms. The van der Waals surface area contributed by atoms with Crippen molar-refractivity contribution in [2.45, 2.75) is 64.8 Å². The van der Waals surface area contributed by atoms with E-state index < -0.39 is 0 Å². The van der Waals surface area contributed by atoms with Gasteiger partial charge in [-0.1, -0.05) is 49.7 Å². The highest BCUT2D eigenvalue weighted by Crippen LogP contribution is 2.25. The van der Waals surface area contributed by atoms with Crippen LogP contribution >= 0.6 is 0 Å². The van der Waals surface area contributed by atoms with Crippen LogP contribution in [-0.2, 0) is 24.1 Å². The number of aromatic nitrogens is 4. The van der Waals surface area contributed by atoms with Crippen LogP contribution in [0.15, 0.2) is 53.3 Å². The van der Waals surface area contributed by atoms with Crippen LogP contribution in [0.1, 0.15) is 77.3 Å². The Morgan fingerprint density at radius 2 is 1.74 bits per heavy atom. The van der Waals surface area contributed by atoms with Gasteiger partial charge in [-0.15, -0.1) is 0 Å². The Kier molecular flexibility index (Phi) is 11.2. The first-order valence-corrected chi connectivity index (χ1v) is 16.3. The maximum absolute atomic E-state index is 13.3. The predicted octanol–water partition coefficient (Wildman–Crippen LogP) is 4.83. The number of nitrogens with one attached hydrogen (secondary N) is 1. The lowest BCUT2D eigenvalue weighted by molar-refractivity contribution is 0.0600. The summed E-state index contributed by atoms with van der Waals surface area (Å²) in [6.45, 7) is 6.13. The van der Waals surface area contributed by atoms with E-state index in [2.05, 4.69) is 32.8 Å². The molecule has 0 radical (unpaired) electrons. The molecular formula is C35H44N6O5. The molecule has 244 valence electrons. The number of hydrogen-bond acceptors (Lipinski definition) is 9. The Labute approximate surface area is 269 Å². The quantitative estimate of drug-likeness (QED) is 0.107. The first-order chi connectivity index (χ1) is 22.4. The molecule has 5 rings (SSSR count). The number of nitrogens with two attached hydrogens (primary N) is 1. The number of hydrogen-bond donors (Lipinski definition) is 2. The Morgan fingerprint density at radius 1 is 1.00 bits per heavy atom. The summed E-state index contributed by atoms with van der Waals surface area (Å²) in [6.07, 6.45) is 7.02. The fourth-order valence-corrected chi connectivity index (χ4v) is 6.07. The highest BCUT2D eigenvalue weighted by Gasteiger charge is 2.22. The van der Waals surface area contributed by atoms with Crippen LogP contribution in [0.2, 0.25) is 0 Å². The maximum atomic E-state index is 13.3. The van der Waals surface area contributed by atoms with Crippen LogP contribution in [0, 0.1) is 5.92 Å². The summed E-state index contributed by atoms with van der Waals surface area (Å²) >= 11 is 0. The number of aryl methyl sites for hydroxylation is 1. The lowest BCUT2D eigenvalue weighted by atomic mass is 9.87. The predicted molar refractivity (Wildman–Crippen MR) is 177 cm³/mol. The number of esters is 1. The molecule has 4 aromatic rings. The lowest BCUT2D eigenvalue weighted by Crippen LogP contribution is -2.35. The van der Waals surface area contributed by atoms with Crippen LogP contribution in [-0.4, -0.2) is 69.5 Å². The number of unbranched alkanes of at least 4 members (excludes halogenated alkanes) is 2. The van der Waals surface area contributed by atoms with Crippen molar-refractivity contribution in [3.05, 3.63) is 81.3 Å². The summed E-state index contributed by atoms with van der Waals surface area (Å²) in [6, 6.07) is 15.1. The standard InChI is InChI=1S/C35H44N6O5/c1-3-4-21-46-34-38-31(36)30-32(39-34)41(35(44)37-30)18-8-7-17-40-19-15-25(16-20-40)22-27-9-5-6-10-28(27)29(42)23-24-11-13-26(14-12-24)33(43)45-2/h5-6,9-14,25H,3-4,7-8,15-23H2,1-2H3,(H,37,44)(H2,36,38,39). The monoisotopic (exact) mass is 628 g/mol. The molecule has 2 aromatic carbocycles. The van der Waals surface area contributed by atoms with Gasteiger partial charge in [-0.3, -0.25) is 9.36 Å². The van der Waals surface area contributed by atoms with Crippen LogP contribution in [0.25, 0.3) is 11.2 Å². The molecule has 1 aliphatic heterocycles. The average molecular weight is 629 g/mol. The van der Waals surface area contributed by atoms with Crippen molar-refractivity contribution in [2.24, 2.45) is 5.92 Å². The van der Waals surface area contributed by atoms with Gasteiger partial charge in [0, 0.05) is 18.5 Å². The van der Waals surface area contributed by atoms with E-state index in [0.717, 1.165) is 81.3 Å². The van der Waals surface area contributed by atoms with E-state index in [9.17, 15) is 14.4 Å². The third kappa shape index (κ3) is 8.20. The normalized spacial score (nSPS) is 14.0. The van der Waals surface area contributed by atoms with Gasteiger partial charge in [-0.05, 0) is 87.3 Å². The fraction of sp³-hybridized carbons (Fsp3) is 0.457. The molecule has 11 nitrogen and oxygen atoms in total. The number of carbonyl (C=O) groups excluding carboxylic acids is 2. The minimum atomic E-state index is -0.389. The molecule has 0 unspecified atom stereocenters. The second kappa shape index (κ2) is 15.7. The first kappa shape index (κ1) is 32.9. The first-order valence-electron chi connectivity index (χ1n) is 16.3. The number of Topliss-reactive ketones (excluding diaryl/α,β-unsaturated/α-hetero) is 1. The number of likely N-dealkylation sites (tertiary alicyclic amines) is 1. The summed E-state index contributed by atoms with van der Waals surface area (Å²) in [5.41, 5.74) is 10.00. The molecule has 3 N–H and O–H groups in total. The molecule has 0 atom stereocenters. The molecule has 1 saturated heterocycles. The molecule has 0 aliphatic carbocycles. The van der Waals surface area contributed by atoms with Gasteiger partial charge < -0.3 is 25.1 Å². The molecular weight excluding hydrogens is 584 g/mol. The van der Waals surface area contributed by atoms with Crippen molar-refractivity contribution in [2.75, 3.05) is 39.1 Å². The number of H-pyrrole nitrogens is 1. The van der Waals surface area contributed by atoms with Crippen LogP contribution in [0.3, 0.4) is 0 Å². The van der Waals surface area contributed by atoms with E-state index in [1.807, 2.05) is 30.3 Å². The van der Waals surface area contributed by atoms with Gasteiger partial charge in [0.25, 0.3) is 0 Å². The zero-order valence-electron chi connectivity index (χ0n) is 26.8. The number of aromatic amines is 1. The van der Waals surface area contributed by atoms with Crippen molar-refractivity contribution in [3.63, 3.8) is 0 Å². The number of ketones is 1. The van der Waals surface area contributed by atoms with E-state index in [1.54, 1.807) is 16.7 Å². The maximum Gasteiger partial charge on any atom is 0.337 e. The van der Waals surface area contributed by atoms with E-state index in [0.29, 0.717) is 35.8 Å². The van der Waals surface area contributed by atoms with Crippen molar-refractivity contribution >= 4 is 28.7 Å². The Bertz CT molecular complexity index is 1690. The molecule has 0 saturated carbocycles. The van der Waals surface area contributed by atoms with Gasteiger partial charge in [-0.25, -0.2) is 9.59 Å². The number of methoxy groups -OCH3 is 1. The SMILES string of the molecule is CCCCOc1nc(N)c2[nH]c(=O)n(CCCCN3CCC(Cc4ccccc4C(=O)Cc4ccc(C(=O)OC)cc4)CC3)c2n1. The number of imidazole rings is 1. The topological polar surface area (TPSA) is 145 Å². The fourth-order valence-electron chi connectivity index (χ4n) is 6.07. The van der Waals surface area contributed by atoms with Gasteiger partial charge in [-0.2, -0.15) is 9.97 Å². The van der Waals surface area contributed by atoms with E-state index in [1.165, 1.54) is 7.11 Å². The summed E-state index contributed by atoms with van der Waals surface area (Å²) in [7, 11) is 1.35. The third-order valence-electron chi connectivity index (χ3n) is 8.74. The number of anilines is 1. The van der Waals surface area contributed by atoms with Crippen molar-refractivity contribution < 1.29 is 19.1 Å². The van der Waals surface area contributed by atoms with Crippen LogP contribution < -0.4 is 16.2 Å². The van der Waals surface area contributed by atoms with Crippen molar-refractivity contribution in [1.29, 1.82) is 0 Å². The minimum Gasteiger partial charge on any atom is -0.465 e. The van der Waals surface area contributed by atoms with Gasteiger partial charge in [0.2, 0.25) is 0 Å². The van der Waals surface area contributed by atoms with Gasteiger partial charge in [0.1, 0.15) is 5.52 Å². The third-order valence-corrected chi connectivity index (χ3v) is 8.74. The Balaban J connectivity index is 1.09. The Hall–Kier alpha value is -4.51. The van der Waals surface area contributed by atoms with E-state index in [4.69, 9.17) is 15.2 Å². The second-order valence-electron chi connectivity index (χ2n) is 12.0. The molecule has 0 spiro atoms. The summed E-state index contributed by atoms with van der Waals surface area (Å²) in [5, 5.41) is 0. The number of piperidine rings is 1. The molecule has 11 heteroatoms. The van der Waals surface area contributed by atoms with Crippen LogP contribution in [0.4, 0.5) is 5.82 Å². The molecule has 0 amide bonds. The Morgan fingerprint density at radius 3 is 2.48 bits per heavy atom. The second-order valence-corrected chi connectivity index (χ2v) is 12.0. The van der Waals surface area contributed by atoms with Gasteiger partial charge in [0.05, 0.1) is 19.3 Å². The van der Waals surface area contributed by atoms with Gasteiger partial charge in [0.15, 0.2) is 17.2 Å². The number of nitrogens with zero attached hydrogens (tertiary/aromatic N) is 4. The van der Waals surface area contributed by atoms with E-state index in [-0.39, 0.29) is 35.7 Å². The number of rotatable bonds is 15. The number of fused-ring (bicyclic) bond motifs is 1. The summed E-state index contributed by atoms with van der Waals surface area (Å²) in [4.78, 5) is 51.6. The zero-order valence-corrected chi connectivity index (χ0v) is 26.8. The highest BCUT2D eigenvalue weighted by molar-refractivity contribution is 5.99. The average Bonchev–Trinajstić information content (AvgIpc) is 3.39. The van der Waals surface area contributed by atoms with E-state index >= 15 is 0 Å². The molecule has 1 fully saturated rings. The molecule has 3 heterocycles. The zero-order chi connectivity index (χ0) is 32.5. The van der Waals surface area contributed by atoms with Crippen molar-refractivity contribution in [3.8, 4) is 6.01 Å². The number of carbonyl (C=O) groups is 2. The number of nitrogen functional groups attached to an aromatic ring is 1. The summed E-state index contributed by atoms with van der Waals surface area (Å²) in [5.74, 6) is 0.435. The molecule has 2 aromatic heterocycles. The number of ether oxygens (including phenoxy) is 2. The summed E-state index contributed by atoms with van der Waals surface area (Å²) < 4.78 is 12.0. The van der Waals surface area contributed by atoms with Crippen LogP contribution in [0.5, 0.6) is 6.01 Å².